The standard InChI is InChI=1S/C8H6O6S4/c9-1-3(7(13)15-5(1)11)17-18-4-2(10)6(12)16-8(4)14/h9-14H. The molecule has 0 spiro atoms. The first kappa shape index (κ1) is 13.3. The van der Waals surface area contributed by atoms with Crippen molar-refractivity contribution < 1.29 is 30.6 Å². The molecule has 0 saturated heterocycles. The lowest BCUT2D eigenvalue weighted by Crippen LogP contribution is -1.67. The fraction of sp³-hybridized carbons (Fsp3) is 0. The smallest absolute Gasteiger partial charge is 0.219 e. The average Bonchev–Trinajstić information content (AvgIpc) is 2.67. The molecule has 2 aromatic heterocycles. The molecule has 0 fully saturated rings. The van der Waals surface area contributed by atoms with Crippen LogP contribution in [0.15, 0.2) is 9.79 Å². The third kappa shape index (κ3) is 2.23. The lowest BCUT2D eigenvalue weighted by molar-refractivity contribution is 0.402. The zero-order valence-electron chi connectivity index (χ0n) is 8.32. The highest BCUT2D eigenvalue weighted by Gasteiger charge is 2.22. The van der Waals surface area contributed by atoms with E-state index in [1.165, 1.54) is 0 Å². The summed E-state index contributed by atoms with van der Waals surface area (Å²) in [7, 11) is 1.66. The topological polar surface area (TPSA) is 121 Å². The second-order valence-corrected chi connectivity index (χ2v) is 7.05. The third-order valence-corrected chi connectivity index (χ3v) is 6.09. The van der Waals surface area contributed by atoms with Crippen molar-refractivity contribution in [3.63, 3.8) is 0 Å². The van der Waals surface area contributed by atoms with E-state index < -0.39 is 21.6 Å². The maximum Gasteiger partial charge on any atom is 0.219 e. The first-order chi connectivity index (χ1) is 8.41. The number of rotatable bonds is 3. The van der Waals surface area contributed by atoms with Gasteiger partial charge in [-0.15, -0.1) is 0 Å². The predicted molar refractivity (Wildman–Crippen MR) is 70.3 cm³/mol. The number of aromatic hydroxyl groups is 6. The zero-order valence-corrected chi connectivity index (χ0v) is 11.6. The highest BCUT2D eigenvalue weighted by molar-refractivity contribution is 8.76. The molecular formula is C8H6O6S4. The van der Waals surface area contributed by atoms with Crippen LogP contribution in [0.2, 0.25) is 0 Å². The van der Waals surface area contributed by atoms with Crippen molar-refractivity contribution in [2.45, 2.75) is 9.79 Å². The molecule has 0 aromatic carbocycles. The maximum absolute atomic E-state index is 9.43. The van der Waals surface area contributed by atoms with Gasteiger partial charge in [0.15, 0.2) is 21.6 Å². The van der Waals surface area contributed by atoms with E-state index >= 15 is 0 Å². The van der Waals surface area contributed by atoms with Crippen LogP contribution in [0.25, 0.3) is 0 Å². The average molecular weight is 326 g/mol. The molecule has 0 amide bonds. The molecule has 18 heavy (non-hydrogen) atoms. The van der Waals surface area contributed by atoms with Crippen LogP contribution in [0.5, 0.6) is 31.8 Å². The Morgan fingerprint density at radius 3 is 1.11 bits per heavy atom. The minimum absolute atomic E-state index is 0.0204. The van der Waals surface area contributed by atoms with Crippen LogP contribution in [0, 0.1) is 0 Å². The first-order valence-corrected chi connectivity index (χ1v) is 8.02. The van der Waals surface area contributed by atoms with Crippen LogP contribution >= 0.6 is 44.3 Å². The molecule has 98 valence electrons. The van der Waals surface area contributed by atoms with Crippen molar-refractivity contribution in [1.29, 1.82) is 0 Å². The molecule has 2 rings (SSSR count). The molecule has 0 atom stereocenters. The van der Waals surface area contributed by atoms with E-state index in [4.69, 9.17) is 0 Å². The van der Waals surface area contributed by atoms with Crippen molar-refractivity contribution in [3.05, 3.63) is 0 Å². The molecule has 0 saturated carbocycles. The summed E-state index contributed by atoms with van der Waals surface area (Å²) in [6.07, 6.45) is 0. The van der Waals surface area contributed by atoms with Gasteiger partial charge in [0.05, 0.1) is 0 Å². The molecule has 2 heterocycles. The van der Waals surface area contributed by atoms with Gasteiger partial charge in [-0.2, -0.15) is 0 Å². The van der Waals surface area contributed by atoms with Gasteiger partial charge in [0, 0.05) is 0 Å². The molecule has 0 aliphatic carbocycles. The van der Waals surface area contributed by atoms with Crippen molar-refractivity contribution >= 4 is 44.3 Å². The van der Waals surface area contributed by atoms with Crippen molar-refractivity contribution in [2.75, 3.05) is 0 Å². The molecule has 0 aliphatic rings. The highest BCUT2D eigenvalue weighted by Crippen LogP contribution is 2.59. The van der Waals surface area contributed by atoms with E-state index in [0.29, 0.717) is 22.7 Å². The quantitative estimate of drug-likeness (QED) is 0.476. The Hall–Kier alpha value is -1.10. The predicted octanol–water partition coefficient (Wildman–Crippen LogP) is 2.84. The summed E-state index contributed by atoms with van der Waals surface area (Å²) in [4.78, 5) is 0.0407. The third-order valence-electron chi connectivity index (χ3n) is 1.82. The fourth-order valence-corrected chi connectivity index (χ4v) is 5.20. The normalized spacial score (nSPS) is 10.9. The summed E-state index contributed by atoms with van der Waals surface area (Å²) in [6, 6.07) is 0. The fourth-order valence-electron chi connectivity index (χ4n) is 1.00. The maximum atomic E-state index is 9.43. The van der Waals surface area contributed by atoms with Crippen molar-refractivity contribution in [3.8, 4) is 31.8 Å². The van der Waals surface area contributed by atoms with E-state index in [2.05, 4.69) is 0 Å². The number of hydrogen-bond acceptors (Lipinski definition) is 10. The zero-order chi connectivity index (χ0) is 13.4. The largest absolute Gasteiger partial charge is 0.503 e. The summed E-state index contributed by atoms with van der Waals surface area (Å²) in [5.41, 5.74) is 0. The summed E-state index contributed by atoms with van der Waals surface area (Å²) < 4.78 is 0. The Labute approximate surface area is 116 Å². The van der Waals surface area contributed by atoms with Gasteiger partial charge in [-0.25, -0.2) is 0 Å². The second kappa shape index (κ2) is 4.88. The molecule has 0 unspecified atom stereocenters. The van der Waals surface area contributed by atoms with Gasteiger partial charge in [0.2, 0.25) is 10.1 Å². The van der Waals surface area contributed by atoms with Gasteiger partial charge in [-0.3, -0.25) is 0 Å². The van der Waals surface area contributed by atoms with Crippen LogP contribution in [0.1, 0.15) is 0 Å². The molecule has 6 nitrogen and oxygen atoms in total. The summed E-state index contributed by atoms with van der Waals surface area (Å²) in [5, 5.41) is 54.7. The Morgan fingerprint density at radius 2 is 0.889 bits per heavy atom. The Kier molecular flexibility index (Phi) is 3.61. The van der Waals surface area contributed by atoms with Crippen LogP contribution in [0.3, 0.4) is 0 Å². The van der Waals surface area contributed by atoms with Crippen LogP contribution in [-0.4, -0.2) is 30.6 Å². The van der Waals surface area contributed by atoms with Gasteiger partial charge in [0.1, 0.15) is 9.79 Å². The van der Waals surface area contributed by atoms with Gasteiger partial charge in [-0.1, -0.05) is 22.7 Å². The number of thiophene rings is 2. The monoisotopic (exact) mass is 326 g/mol. The van der Waals surface area contributed by atoms with E-state index in [9.17, 15) is 30.6 Å². The van der Waals surface area contributed by atoms with Crippen LogP contribution < -0.4 is 0 Å². The van der Waals surface area contributed by atoms with E-state index in [0.717, 1.165) is 21.6 Å². The van der Waals surface area contributed by atoms with Gasteiger partial charge >= 0.3 is 0 Å². The second-order valence-electron chi connectivity index (χ2n) is 2.95. The van der Waals surface area contributed by atoms with Crippen molar-refractivity contribution in [2.24, 2.45) is 0 Å². The number of hydrogen-bond donors (Lipinski definition) is 6. The van der Waals surface area contributed by atoms with Crippen LogP contribution in [-0.2, 0) is 0 Å². The summed E-state index contributed by atoms with van der Waals surface area (Å²) >= 11 is 1.20. The molecular weight excluding hydrogens is 320 g/mol. The Balaban J connectivity index is 2.21. The molecule has 0 aliphatic heterocycles. The minimum Gasteiger partial charge on any atom is -0.503 e. The molecule has 10 heteroatoms. The summed E-state index contributed by atoms with van der Waals surface area (Å²) in [6.45, 7) is 0. The van der Waals surface area contributed by atoms with E-state index in [1.54, 1.807) is 0 Å². The molecule has 0 bridgehead atoms. The molecule has 6 N–H and O–H groups in total. The molecule has 2 aromatic rings. The van der Waals surface area contributed by atoms with E-state index in [-0.39, 0.29) is 19.9 Å². The lowest BCUT2D eigenvalue weighted by atomic mass is 10.6. The SMILES string of the molecule is Oc1sc(O)c(SSc2c(O)sc(O)c2O)c1O. The first-order valence-electron chi connectivity index (χ1n) is 4.23. The lowest BCUT2D eigenvalue weighted by Gasteiger charge is -2.00. The Bertz CT molecular complexity index is 537. The van der Waals surface area contributed by atoms with Gasteiger partial charge in [0.25, 0.3) is 0 Å². The van der Waals surface area contributed by atoms with Gasteiger partial charge in [-0.05, 0) is 21.6 Å². The van der Waals surface area contributed by atoms with E-state index in [1.807, 2.05) is 0 Å². The Morgan fingerprint density at radius 1 is 0.556 bits per heavy atom. The summed E-state index contributed by atoms with van der Waals surface area (Å²) in [5.74, 6) is -0.929. The minimum atomic E-state index is -0.464. The highest BCUT2D eigenvalue weighted by atomic mass is 33.1. The molecule has 0 radical (unpaired) electrons. The van der Waals surface area contributed by atoms with Gasteiger partial charge < -0.3 is 30.6 Å². The van der Waals surface area contributed by atoms with Crippen molar-refractivity contribution in [1.82, 2.24) is 0 Å². The van der Waals surface area contributed by atoms with Crippen LogP contribution in [0.4, 0.5) is 0 Å².